The first kappa shape index (κ1) is 16.2. The Balaban J connectivity index is 2.58. The van der Waals surface area contributed by atoms with E-state index in [1.807, 2.05) is 0 Å². The van der Waals surface area contributed by atoms with Crippen LogP contribution in [0.1, 0.15) is 28.8 Å². The number of rotatable bonds is 5. The number of esters is 1. The van der Waals surface area contributed by atoms with Crippen molar-refractivity contribution in [2.45, 2.75) is 12.8 Å². The van der Waals surface area contributed by atoms with Crippen LogP contribution in [0.2, 0.25) is 0 Å². The lowest BCUT2D eigenvalue weighted by molar-refractivity contribution is 0.0600. The minimum Gasteiger partial charge on any atom is -0.465 e. The Morgan fingerprint density at radius 1 is 1.30 bits per heavy atom. The van der Waals surface area contributed by atoms with Gasteiger partial charge in [-0.2, -0.15) is 8.42 Å². The molecule has 0 amide bonds. The fourth-order valence-corrected chi connectivity index (χ4v) is 1.83. The smallest absolute Gasteiger partial charge is 0.339 e. The Bertz CT molecular complexity index is 622. The summed E-state index contributed by atoms with van der Waals surface area (Å²) in [6.45, 7) is 0.103. The highest BCUT2D eigenvalue weighted by atomic mass is 32.2. The summed E-state index contributed by atoms with van der Waals surface area (Å²) in [6.07, 6.45) is 1.98. The van der Waals surface area contributed by atoms with Gasteiger partial charge in [-0.05, 0) is 18.6 Å². The standard InChI is InChI=1S/C14H16O5S/c1-18-14(15)13-10-6-5-9-12(13)8-4-3-7-11-19-20(2,16)17/h5-6,9-10H,3,7,11H2,1-2H3. The Hall–Kier alpha value is -1.84. The van der Waals surface area contributed by atoms with Crippen molar-refractivity contribution in [3.63, 3.8) is 0 Å². The number of benzene rings is 1. The van der Waals surface area contributed by atoms with Gasteiger partial charge in [-0.15, -0.1) is 0 Å². The molecule has 0 aromatic heterocycles. The highest BCUT2D eigenvalue weighted by Crippen LogP contribution is 2.08. The molecule has 0 atom stereocenters. The van der Waals surface area contributed by atoms with Crippen LogP contribution in [0.15, 0.2) is 24.3 Å². The first-order valence-electron chi connectivity index (χ1n) is 5.94. The van der Waals surface area contributed by atoms with E-state index in [1.54, 1.807) is 24.3 Å². The lowest BCUT2D eigenvalue weighted by atomic mass is 10.1. The molecule has 20 heavy (non-hydrogen) atoms. The molecular formula is C14H16O5S. The van der Waals surface area contributed by atoms with Crippen LogP contribution in [0.3, 0.4) is 0 Å². The number of ether oxygens (including phenoxy) is 1. The monoisotopic (exact) mass is 296 g/mol. The van der Waals surface area contributed by atoms with Crippen molar-refractivity contribution in [3.8, 4) is 11.8 Å². The molecule has 0 saturated heterocycles. The van der Waals surface area contributed by atoms with E-state index in [1.165, 1.54) is 7.11 Å². The number of carbonyl (C=O) groups is 1. The second kappa shape index (κ2) is 7.68. The van der Waals surface area contributed by atoms with Crippen molar-refractivity contribution in [3.05, 3.63) is 35.4 Å². The largest absolute Gasteiger partial charge is 0.465 e. The minimum atomic E-state index is -3.39. The molecule has 0 aliphatic heterocycles. The molecule has 0 heterocycles. The van der Waals surface area contributed by atoms with E-state index < -0.39 is 16.1 Å². The van der Waals surface area contributed by atoms with Crippen LogP contribution in [0.25, 0.3) is 0 Å². The molecule has 0 saturated carbocycles. The van der Waals surface area contributed by atoms with Gasteiger partial charge < -0.3 is 4.74 Å². The number of hydrogen-bond acceptors (Lipinski definition) is 5. The van der Waals surface area contributed by atoms with Gasteiger partial charge in [-0.1, -0.05) is 24.0 Å². The second-order valence-corrected chi connectivity index (χ2v) is 5.61. The molecule has 6 heteroatoms. The SMILES string of the molecule is COC(=O)c1ccccc1C#CCCCOS(C)(=O)=O. The van der Waals surface area contributed by atoms with Crippen LogP contribution in [0, 0.1) is 11.8 Å². The van der Waals surface area contributed by atoms with Crippen molar-refractivity contribution in [1.29, 1.82) is 0 Å². The molecule has 0 bridgehead atoms. The lowest BCUT2D eigenvalue weighted by Gasteiger charge is -2.01. The van der Waals surface area contributed by atoms with E-state index in [2.05, 4.69) is 20.8 Å². The van der Waals surface area contributed by atoms with E-state index >= 15 is 0 Å². The maximum atomic E-state index is 11.5. The third-order valence-electron chi connectivity index (χ3n) is 2.30. The predicted molar refractivity (Wildman–Crippen MR) is 74.7 cm³/mol. The molecule has 5 nitrogen and oxygen atoms in total. The molecule has 0 unspecified atom stereocenters. The molecule has 0 aliphatic carbocycles. The van der Waals surface area contributed by atoms with Crippen LogP contribution in [-0.2, 0) is 19.0 Å². The van der Waals surface area contributed by atoms with Gasteiger partial charge in [-0.25, -0.2) is 4.79 Å². The molecule has 0 N–H and O–H groups in total. The number of carbonyl (C=O) groups excluding carboxylic acids is 1. The van der Waals surface area contributed by atoms with Crippen LogP contribution in [-0.4, -0.2) is 34.4 Å². The number of unbranched alkanes of at least 4 members (excludes halogenated alkanes) is 1. The maximum absolute atomic E-state index is 11.5. The van der Waals surface area contributed by atoms with Gasteiger partial charge in [-0.3, -0.25) is 4.18 Å². The van der Waals surface area contributed by atoms with Gasteiger partial charge in [0.2, 0.25) is 0 Å². The third kappa shape index (κ3) is 5.87. The summed E-state index contributed by atoms with van der Waals surface area (Å²) in [5.41, 5.74) is 0.998. The average Bonchev–Trinajstić information content (AvgIpc) is 2.41. The van der Waals surface area contributed by atoms with Gasteiger partial charge in [0.25, 0.3) is 10.1 Å². The summed E-state index contributed by atoms with van der Waals surface area (Å²) in [5.74, 6) is 5.31. The number of methoxy groups -OCH3 is 1. The van der Waals surface area contributed by atoms with Crippen LogP contribution in [0.4, 0.5) is 0 Å². The van der Waals surface area contributed by atoms with E-state index in [4.69, 9.17) is 0 Å². The molecule has 1 aromatic carbocycles. The van der Waals surface area contributed by atoms with Crippen molar-refractivity contribution in [2.24, 2.45) is 0 Å². The molecule has 108 valence electrons. The highest BCUT2D eigenvalue weighted by molar-refractivity contribution is 7.85. The van der Waals surface area contributed by atoms with Crippen molar-refractivity contribution in [2.75, 3.05) is 20.0 Å². The van der Waals surface area contributed by atoms with Gasteiger partial charge in [0.15, 0.2) is 0 Å². The van der Waals surface area contributed by atoms with Crippen molar-refractivity contribution in [1.82, 2.24) is 0 Å². The summed E-state index contributed by atoms with van der Waals surface area (Å²) in [6, 6.07) is 6.88. The summed E-state index contributed by atoms with van der Waals surface area (Å²) >= 11 is 0. The third-order valence-corrected chi connectivity index (χ3v) is 2.89. The summed E-state index contributed by atoms with van der Waals surface area (Å²) in [5, 5.41) is 0. The average molecular weight is 296 g/mol. The summed E-state index contributed by atoms with van der Waals surface area (Å²) in [4.78, 5) is 11.5. The zero-order chi connectivity index (χ0) is 15.0. The summed E-state index contributed by atoms with van der Waals surface area (Å²) in [7, 11) is -2.08. The fraction of sp³-hybridized carbons (Fsp3) is 0.357. The molecular weight excluding hydrogens is 280 g/mol. The molecule has 1 rings (SSSR count). The zero-order valence-corrected chi connectivity index (χ0v) is 12.2. The molecule has 0 fully saturated rings. The zero-order valence-electron chi connectivity index (χ0n) is 11.4. The predicted octanol–water partition coefficient (Wildman–Crippen LogP) is 1.58. The lowest BCUT2D eigenvalue weighted by Crippen LogP contribution is -2.04. The topological polar surface area (TPSA) is 69.7 Å². The van der Waals surface area contributed by atoms with Crippen molar-refractivity contribution < 1.29 is 22.1 Å². The normalized spacial score (nSPS) is 10.5. The van der Waals surface area contributed by atoms with Crippen LogP contribution in [0.5, 0.6) is 0 Å². The Kier molecular flexibility index (Phi) is 6.22. The van der Waals surface area contributed by atoms with E-state index in [0.717, 1.165) is 6.26 Å². The van der Waals surface area contributed by atoms with Gasteiger partial charge in [0.05, 0.1) is 25.5 Å². The molecule has 0 spiro atoms. The maximum Gasteiger partial charge on any atom is 0.339 e. The van der Waals surface area contributed by atoms with Gasteiger partial charge in [0.1, 0.15) is 0 Å². The Morgan fingerprint density at radius 3 is 2.65 bits per heavy atom. The van der Waals surface area contributed by atoms with E-state index in [0.29, 0.717) is 24.0 Å². The second-order valence-electron chi connectivity index (χ2n) is 3.97. The molecule has 0 radical (unpaired) electrons. The van der Waals surface area contributed by atoms with Crippen LogP contribution < -0.4 is 0 Å². The first-order valence-corrected chi connectivity index (χ1v) is 7.76. The fourth-order valence-electron chi connectivity index (χ4n) is 1.41. The quantitative estimate of drug-likeness (QED) is 0.357. The van der Waals surface area contributed by atoms with Crippen molar-refractivity contribution >= 4 is 16.1 Å². The van der Waals surface area contributed by atoms with Gasteiger partial charge >= 0.3 is 5.97 Å². The highest BCUT2D eigenvalue weighted by Gasteiger charge is 2.08. The Labute approximate surface area is 119 Å². The Morgan fingerprint density at radius 2 is 2.00 bits per heavy atom. The first-order chi connectivity index (χ1) is 9.44. The van der Waals surface area contributed by atoms with E-state index in [9.17, 15) is 13.2 Å². The van der Waals surface area contributed by atoms with Gasteiger partial charge in [0, 0.05) is 12.0 Å². The molecule has 1 aromatic rings. The number of hydrogen-bond donors (Lipinski definition) is 0. The van der Waals surface area contributed by atoms with E-state index in [-0.39, 0.29) is 6.61 Å². The molecule has 0 aliphatic rings. The minimum absolute atomic E-state index is 0.103. The van der Waals surface area contributed by atoms with Crippen LogP contribution >= 0.6 is 0 Å². The summed E-state index contributed by atoms with van der Waals surface area (Å²) < 4.78 is 30.7.